The highest BCUT2D eigenvalue weighted by molar-refractivity contribution is 7.83. The predicted octanol–water partition coefficient (Wildman–Crippen LogP) is 3.30. The standard InChI is InChI=1S/C14H13ClN2O2S/c1-20(18)9-10-6-11(2-5-14(10)15)17-8-13-4-3-12(7-16)19-13/h2-6,17H,8-9H2,1H3/t20-/m0/s1. The second-order valence-corrected chi connectivity index (χ2v) is 6.10. The van der Waals surface area contributed by atoms with Crippen LogP contribution in [0.3, 0.4) is 0 Å². The van der Waals surface area contributed by atoms with Crippen molar-refractivity contribution in [3.8, 4) is 6.07 Å². The Hall–Kier alpha value is -1.77. The average Bonchev–Trinajstić information content (AvgIpc) is 2.87. The quantitative estimate of drug-likeness (QED) is 0.920. The molecule has 0 fully saturated rings. The molecule has 0 spiro atoms. The molecule has 2 aromatic rings. The Bertz CT molecular complexity index is 676. The van der Waals surface area contributed by atoms with Gasteiger partial charge < -0.3 is 9.73 Å². The maximum atomic E-state index is 11.3. The molecular formula is C14H13ClN2O2S. The van der Waals surface area contributed by atoms with Crippen molar-refractivity contribution in [2.45, 2.75) is 12.3 Å². The summed E-state index contributed by atoms with van der Waals surface area (Å²) < 4.78 is 16.6. The van der Waals surface area contributed by atoms with Crippen LogP contribution in [-0.4, -0.2) is 10.5 Å². The first kappa shape index (κ1) is 14.6. The Morgan fingerprint density at radius 3 is 2.85 bits per heavy atom. The number of anilines is 1. The number of halogens is 1. The van der Waals surface area contributed by atoms with Gasteiger partial charge in [-0.05, 0) is 35.9 Å². The van der Waals surface area contributed by atoms with E-state index in [-0.39, 0.29) is 0 Å². The molecule has 0 unspecified atom stereocenters. The lowest BCUT2D eigenvalue weighted by molar-refractivity contribution is 0.506. The number of furan rings is 1. The van der Waals surface area contributed by atoms with Crippen LogP contribution in [0.1, 0.15) is 17.1 Å². The Morgan fingerprint density at radius 2 is 2.20 bits per heavy atom. The number of nitrogens with zero attached hydrogens (tertiary/aromatic N) is 1. The van der Waals surface area contributed by atoms with Gasteiger partial charge in [0.15, 0.2) is 0 Å². The van der Waals surface area contributed by atoms with Crippen LogP contribution in [0.25, 0.3) is 0 Å². The summed E-state index contributed by atoms with van der Waals surface area (Å²) in [5, 5.41) is 12.5. The lowest BCUT2D eigenvalue weighted by atomic mass is 10.2. The van der Waals surface area contributed by atoms with E-state index in [0.29, 0.717) is 28.8 Å². The van der Waals surface area contributed by atoms with E-state index in [0.717, 1.165) is 11.3 Å². The SMILES string of the molecule is C[S@](=O)Cc1cc(NCc2ccc(C#N)o2)ccc1Cl. The van der Waals surface area contributed by atoms with Crippen molar-refractivity contribution in [3.05, 3.63) is 52.4 Å². The summed E-state index contributed by atoms with van der Waals surface area (Å²) in [6, 6.07) is 10.8. The van der Waals surface area contributed by atoms with Crippen LogP contribution < -0.4 is 5.32 Å². The molecular weight excluding hydrogens is 296 g/mol. The maximum Gasteiger partial charge on any atom is 0.203 e. The largest absolute Gasteiger partial charge is 0.449 e. The van der Waals surface area contributed by atoms with Crippen LogP contribution >= 0.6 is 11.6 Å². The lowest BCUT2D eigenvalue weighted by Crippen LogP contribution is -2.00. The molecule has 20 heavy (non-hydrogen) atoms. The maximum absolute atomic E-state index is 11.3. The van der Waals surface area contributed by atoms with E-state index in [4.69, 9.17) is 21.3 Å². The van der Waals surface area contributed by atoms with E-state index in [1.807, 2.05) is 18.2 Å². The Labute approximate surface area is 124 Å². The lowest BCUT2D eigenvalue weighted by Gasteiger charge is -2.08. The molecule has 2 rings (SSSR count). The van der Waals surface area contributed by atoms with Crippen LogP contribution in [0.15, 0.2) is 34.7 Å². The monoisotopic (exact) mass is 308 g/mol. The molecule has 6 heteroatoms. The zero-order valence-electron chi connectivity index (χ0n) is 10.9. The van der Waals surface area contributed by atoms with Gasteiger partial charge >= 0.3 is 0 Å². The van der Waals surface area contributed by atoms with Crippen LogP contribution in [0.4, 0.5) is 5.69 Å². The zero-order valence-corrected chi connectivity index (χ0v) is 12.4. The van der Waals surface area contributed by atoms with Crippen LogP contribution in [0.2, 0.25) is 5.02 Å². The highest BCUT2D eigenvalue weighted by Crippen LogP contribution is 2.22. The van der Waals surface area contributed by atoms with Crippen LogP contribution in [0.5, 0.6) is 0 Å². The van der Waals surface area contributed by atoms with Gasteiger partial charge in [-0.15, -0.1) is 0 Å². The molecule has 0 bridgehead atoms. The normalized spacial score (nSPS) is 11.8. The molecule has 1 atom stereocenters. The van der Waals surface area contributed by atoms with E-state index in [1.54, 1.807) is 24.5 Å². The van der Waals surface area contributed by atoms with Gasteiger partial charge in [-0.25, -0.2) is 0 Å². The fraction of sp³-hybridized carbons (Fsp3) is 0.214. The number of hydrogen-bond donors (Lipinski definition) is 1. The van der Waals surface area contributed by atoms with E-state index >= 15 is 0 Å². The van der Waals surface area contributed by atoms with Gasteiger partial charge in [0.1, 0.15) is 11.8 Å². The highest BCUT2D eigenvalue weighted by atomic mass is 35.5. The molecule has 0 aliphatic carbocycles. The number of nitriles is 1. The molecule has 0 amide bonds. The summed E-state index contributed by atoms with van der Waals surface area (Å²) >= 11 is 6.06. The predicted molar refractivity (Wildman–Crippen MR) is 80.0 cm³/mol. The van der Waals surface area contributed by atoms with Crippen molar-refractivity contribution in [3.63, 3.8) is 0 Å². The number of benzene rings is 1. The third-order valence-electron chi connectivity index (χ3n) is 2.64. The van der Waals surface area contributed by atoms with E-state index in [1.165, 1.54) is 0 Å². The zero-order chi connectivity index (χ0) is 14.5. The molecule has 1 aromatic heterocycles. The summed E-state index contributed by atoms with van der Waals surface area (Å²) in [7, 11) is -0.940. The van der Waals surface area contributed by atoms with Gasteiger partial charge in [0.05, 0.1) is 6.54 Å². The molecule has 4 nitrogen and oxygen atoms in total. The molecule has 1 heterocycles. The van der Waals surface area contributed by atoms with Gasteiger partial charge in [-0.2, -0.15) is 5.26 Å². The Balaban J connectivity index is 2.06. The summed E-state index contributed by atoms with van der Waals surface area (Å²) in [4.78, 5) is 0. The molecule has 0 aliphatic heterocycles. The van der Waals surface area contributed by atoms with E-state index in [2.05, 4.69) is 5.32 Å². The van der Waals surface area contributed by atoms with Gasteiger partial charge in [0.2, 0.25) is 5.76 Å². The Morgan fingerprint density at radius 1 is 1.40 bits per heavy atom. The molecule has 0 saturated heterocycles. The van der Waals surface area contributed by atoms with E-state index < -0.39 is 10.8 Å². The van der Waals surface area contributed by atoms with Gasteiger partial charge in [0, 0.05) is 33.5 Å². The van der Waals surface area contributed by atoms with Gasteiger partial charge in [-0.3, -0.25) is 4.21 Å². The third-order valence-corrected chi connectivity index (χ3v) is 3.73. The first-order valence-electron chi connectivity index (χ1n) is 5.89. The minimum Gasteiger partial charge on any atom is -0.449 e. The van der Waals surface area contributed by atoms with Crippen molar-refractivity contribution in [2.24, 2.45) is 0 Å². The molecule has 1 aromatic carbocycles. The summed E-state index contributed by atoms with van der Waals surface area (Å²) in [6.45, 7) is 0.470. The van der Waals surface area contributed by atoms with Crippen molar-refractivity contribution in [2.75, 3.05) is 11.6 Å². The molecule has 104 valence electrons. The van der Waals surface area contributed by atoms with Crippen molar-refractivity contribution < 1.29 is 8.63 Å². The molecule has 0 aliphatic rings. The number of hydrogen-bond acceptors (Lipinski definition) is 4. The topological polar surface area (TPSA) is 66.0 Å². The third kappa shape index (κ3) is 3.86. The van der Waals surface area contributed by atoms with Crippen molar-refractivity contribution in [1.82, 2.24) is 0 Å². The highest BCUT2D eigenvalue weighted by Gasteiger charge is 2.05. The minimum atomic E-state index is -0.940. The smallest absolute Gasteiger partial charge is 0.203 e. The van der Waals surface area contributed by atoms with Gasteiger partial charge in [-0.1, -0.05) is 11.6 Å². The first-order chi connectivity index (χ1) is 9.58. The number of nitrogens with one attached hydrogen (secondary N) is 1. The summed E-state index contributed by atoms with van der Waals surface area (Å²) in [5.41, 5.74) is 1.71. The van der Waals surface area contributed by atoms with E-state index in [9.17, 15) is 4.21 Å². The van der Waals surface area contributed by atoms with Crippen molar-refractivity contribution in [1.29, 1.82) is 5.26 Å². The fourth-order valence-corrected chi connectivity index (χ4v) is 2.68. The fourth-order valence-electron chi connectivity index (χ4n) is 1.74. The second kappa shape index (κ2) is 6.60. The molecule has 0 saturated carbocycles. The minimum absolute atomic E-state index is 0.292. The average molecular weight is 309 g/mol. The van der Waals surface area contributed by atoms with Crippen molar-refractivity contribution >= 4 is 28.1 Å². The summed E-state index contributed by atoms with van der Waals surface area (Å²) in [5.74, 6) is 1.39. The van der Waals surface area contributed by atoms with Crippen LogP contribution in [-0.2, 0) is 23.1 Å². The van der Waals surface area contributed by atoms with Gasteiger partial charge in [0.25, 0.3) is 0 Å². The second-order valence-electron chi connectivity index (χ2n) is 4.26. The first-order valence-corrected chi connectivity index (χ1v) is 8.00. The Kier molecular flexibility index (Phi) is 4.83. The van der Waals surface area contributed by atoms with Crippen LogP contribution in [0, 0.1) is 11.3 Å². The molecule has 0 radical (unpaired) electrons. The summed E-state index contributed by atoms with van der Waals surface area (Å²) in [6.07, 6.45) is 1.64. The number of rotatable bonds is 5. The molecule has 1 N–H and O–H groups in total.